The highest BCUT2D eigenvalue weighted by molar-refractivity contribution is 5.89. The third-order valence-electron chi connectivity index (χ3n) is 5.91. The zero-order chi connectivity index (χ0) is 23.4. The number of anilines is 1. The van der Waals surface area contributed by atoms with Gasteiger partial charge in [-0.25, -0.2) is 9.78 Å². The van der Waals surface area contributed by atoms with E-state index in [1.54, 1.807) is 26.3 Å². The predicted molar refractivity (Wildman–Crippen MR) is 124 cm³/mol. The Bertz CT molecular complexity index is 1120. The number of amides is 1. The van der Waals surface area contributed by atoms with Crippen molar-refractivity contribution >= 4 is 17.3 Å². The molecule has 3 aromatic rings. The van der Waals surface area contributed by atoms with Crippen molar-refractivity contribution in [3.05, 3.63) is 42.1 Å². The van der Waals surface area contributed by atoms with Gasteiger partial charge >= 0.3 is 6.09 Å². The Morgan fingerprint density at radius 2 is 2.15 bits per heavy atom. The van der Waals surface area contributed by atoms with Crippen LogP contribution in [-0.2, 0) is 9.47 Å². The number of rotatable bonds is 7. The quantitative estimate of drug-likeness (QED) is 0.557. The fourth-order valence-electron chi connectivity index (χ4n) is 4.17. The Morgan fingerprint density at radius 3 is 2.88 bits per heavy atom. The van der Waals surface area contributed by atoms with Gasteiger partial charge in [-0.15, -0.1) is 0 Å². The molecule has 1 aromatic carbocycles. The van der Waals surface area contributed by atoms with E-state index in [1.807, 2.05) is 25.3 Å². The number of aryl methyl sites for hydroxylation is 1. The maximum Gasteiger partial charge on any atom is 0.412 e. The summed E-state index contributed by atoms with van der Waals surface area (Å²) < 4.78 is 18.5. The Labute approximate surface area is 192 Å². The molecule has 33 heavy (non-hydrogen) atoms. The number of carbonyl (C=O) groups excluding carboxylic acids is 1. The number of fused-ring (bicyclic) bond motifs is 1. The molecule has 1 atom stereocenters. The zero-order valence-corrected chi connectivity index (χ0v) is 19.2. The number of aliphatic hydroxyl groups excluding tert-OH is 1. The summed E-state index contributed by atoms with van der Waals surface area (Å²) in [4.78, 5) is 21.7. The number of methoxy groups -OCH3 is 1. The van der Waals surface area contributed by atoms with Crippen LogP contribution in [0, 0.1) is 6.92 Å². The SMILES string of the molecule is COc1cc(-c2nc(C3CCOCC3)n3ccnc(C)c23)ccc1NC(=O)O[C@@H](C)CCO. The van der Waals surface area contributed by atoms with E-state index >= 15 is 0 Å². The number of aromatic nitrogens is 3. The van der Waals surface area contributed by atoms with Crippen LogP contribution in [0.2, 0.25) is 0 Å². The molecule has 0 radical (unpaired) electrons. The second-order valence-electron chi connectivity index (χ2n) is 8.20. The van der Waals surface area contributed by atoms with E-state index in [2.05, 4.69) is 14.7 Å². The van der Waals surface area contributed by atoms with Crippen molar-refractivity contribution < 1.29 is 24.1 Å². The van der Waals surface area contributed by atoms with E-state index in [0.29, 0.717) is 23.8 Å². The van der Waals surface area contributed by atoms with Gasteiger partial charge in [-0.2, -0.15) is 0 Å². The van der Waals surface area contributed by atoms with Gasteiger partial charge in [0, 0.05) is 50.1 Å². The molecule has 9 nitrogen and oxygen atoms in total. The maximum absolute atomic E-state index is 12.2. The van der Waals surface area contributed by atoms with Crippen molar-refractivity contribution in [2.45, 2.75) is 45.1 Å². The summed E-state index contributed by atoms with van der Waals surface area (Å²) in [5, 5.41) is 11.7. The summed E-state index contributed by atoms with van der Waals surface area (Å²) in [5.74, 6) is 1.83. The summed E-state index contributed by atoms with van der Waals surface area (Å²) in [6.07, 6.45) is 5.01. The molecule has 3 heterocycles. The molecule has 1 saturated heterocycles. The maximum atomic E-state index is 12.2. The summed E-state index contributed by atoms with van der Waals surface area (Å²) in [6, 6.07) is 5.53. The molecule has 1 fully saturated rings. The van der Waals surface area contributed by atoms with Crippen LogP contribution < -0.4 is 10.1 Å². The fourth-order valence-corrected chi connectivity index (χ4v) is 4.17. The average Bonchev–Trinajstić information content (AvgIpc) is 3.21. The summed E-state index contributed by atoms with van der Waals surface area (Å²) in [5.41, 5.74) is 4.03. The molecular formula is C24H30N4O5. The van der Waals surface area contributed by atoms with Crippen molar-refractivity contribution in [1.29, 1.82) is 0 Å². The number of hydrogen-bond donors (Lipinski definition) is 2. The predicted octanol–water partition coefficient (Wildman–Crippen LogP) is 3.93. The molecule has 4 rings (SSSR count). The topological polar surface area (TPSA) is 107 Å². The first kappa shape index (κ1) is 23.0. The second-order valence-corrected chi connectivity index (χ2v) is 8.20. The number of aliphatic hydroxyl groups is 1. The van der Waals surface area contributed by atoms with Gasteiger partial charge in [-0.1, -0.05) is 6.07 Å². The Kier molecular flexibility index (Phi) is 7.10. The largest absolute Gasteiger partial charge is 0.495 e. The van der Waals surface area contributed by atoms with Crippen molar-refractivity contribution in [3.8, 4) is 17.0 Å². The minimum atomic E-state index is -0.601. The van der Waals surface area contributed by atoms with Crippen LogP contribution in [0.25, 0.3) is 16.8 Å². The Morgan fingerprint density at radius 1 is 1.36 bits per heavy atom. The van der Waals surface area contributed by atoms with Crippen molar-refractivity contribution in [2.24, 2.45) is 0 Å². The zero-order valence-electron chi connectivity index (χ0n) is 19.2. The van der Waals surface area contributed by atoms with Gasteiger partial charge in [0.25, 0.3) is 0 Å². The van der Waals surface area contributed by atoms with Gasteiger partial charge in [-0.3, -0.25) is 14.7 Å². The van der Waals surface area contributed by atoms with Crippen LogP contribution in [0.3, 0.4) is 0 Å². The number of imidazole rings is 1. The third kappa shape index (κ3) is 4.94. The summed E-state index contributed by atoms with van der Waals surface area (Å²) in [7, 11) is 1.55. The molecule has 0 spiro atoms. The van der Waals surface area contributed by atoms with Crippen LogP contribution >= 0.6 is 0 Å². The van der Waals surface area contributed by atoms with Gasteiger partial charge in [0.05, 0.1) is 29.7 Å². The molecule has 0 aliphatic carbocycles. The van der Waals surface area contributed by atoms with E-state index in [-0.39, 0.29) is 6.61 Å². The number of benzene rings is 1. The lowest BCUT2D eigenvalue weighted by Gasteiger charge is -2.20. The van der Waals surface area contributed by atoms with Gasteiger partial charge < -0.3 is 19.3 Å². The normalized spacial score (nSPS) is 15.4. The smallest absolute Gasteiger partial charge is 0.412 e. The molecule has 176 valence electrons. The van der Waals surface area contributed by atoms with Crippen LogP contribution in [0.15, 0.2) is 30.6 Å². The van der Waals surface area contributed by atoms with Crippen LogP contribution in [0.4, 0.5) is 10.5 Å². The highest BCUT2D eigenvalue weighted by Crippen LogP contribution is 2.36. The number of nitrogens with one attached hydrogen (secondary N) is 1. The summed E-state index contributed by atoms with van der Waals surface area (Å²) in [6.45, 7) is 5.13. The van der Waals surface area contributed by atoms with E-state index < -0.39 is 12.2 Å². The highest BCUT2D eigenvalue weighted by Gasteiger charge is 2.24. The van der Waals surface area contributed by atoms with Gasteiger partial charge in [-0.05, 0) is 38.8 Å². The molecule has 1 aliphatic rings. The lowest BCUT2D eigenvalue weighted by molar-refractivity contribution is 0.0835. The van der Waals surface area contributed by atoms with Crippen LogP contribution in [0.1, 0.15) is 43.6 Å². The molecule has 2 aromatic heterocycles. The van der Waals surface area contributed by atoms with E-state index in [9.17, 15) is 4.79 Å². The average molecular weight is 455 g/mol. The Balaban J connectivity index is 1.68. The number of carbonyl (C=O) groups is 1. The van der Waals surface area contributed by atoms with E-state index in [4.69, 9.17) is 24.3 Å². The molecule has 0 unspecified atom stereocenters. The molecule has 2 N–H and O–H groups in total. The number of ether oxygens (including phenoxy) is 3. The molecule has 1 amide bonds. The van der Waals surface area contributed by atoms with Crippen molar-refractivity contribution in [2.75, 3.05) is 32.2 Å². The standard InChI is InChI=1S/C24H30N4O5/c1-15(6-11-29)33-24(30)26-19-5-4-18(14-20(19)31-3)21-22-16(2)25-9-10-28(22)23(27-21)17-7-12-32-13-8-17/h4-5,9-10,14-15,17,29H,6-8,11-13H2,1-3H3,(H,26,30)/t15-/m0/s1. The minimum Gasteiger partial charge on any atom is -0.495 e. The first-order chi connectivity index (χ1) is 16.0. The second kappa shape index (κ2) is 10.2. The number of hydrogen-bond acceptors (Lipinski definition) is 7. The summed E-state index contributed by atoms with van der Waals surface area (Å²) >= 11 is 0. The lowest BCUT2D eigenvalue weighted by atomic mass is 9.99. The van der Waals surface area contributed by atoms with E-state index in [1.165, 1.54) is 0 Å². The molecule has 0 bridgehead atoms. The fraction of sp³-hybridized carbons (Fsp3) is 0.458. The molecule has 9 heteroatoms. The highest BCUT2D eigenvalue weighted by atomic mass is 16.6. The van der Waals surface area contributed by atoms with Crippen LogP contribution in [-0.4, -0.2) is 58.6 Å². The van der Waals surface area contributed by atoms with Gasteiger partial charge in [0.15, 0.2) is 0 Å². The first-order valence-electron chi connectivity index (χ1n) is 11.2. The molecular weight excluding hydrogens is 424 g/mol. The minimum absolute atomic E-state index is 0.0464. The lowest BCUT2D eigenvalue weighted by Crippen LogP contribution is -2.21. The third-order valence-corrected chi connectivity index (χ3v) is 5.91. The Hall–Kier alpha value is -3.17. The monoisotopic (exact) mass is 454 g/mol. The van der Waals surface area contributed by atoms with E-state index in [0.717, 1.165) is 54.3 Å². The van der Waals surface area contributed by atoms with Gasteiger partial charge in [0.1, 0.15) is 17.7 Å². The van der Waals surface area contributed by atoms with Crippen molar-refractivity contribution in [3.63, 3.8) is 0 Å². The molecule has 0 saturated carbocycles. The molecule has 1 aliphatic heterocycles. The number of nitrogens with zero attached hydrogens (tertiary/aromatic N) is 3. The van der Waals surface area contributed by atoms with Gasteiger partial charge in [0.2, 0.25) is 0 Å². The van der Waals surface area contributed by atoms with Crippen LogP contribution in [0.5, 0.6) is 5.75 Å². The van der Waals surface area contributed by atoms with Crippen molar-refractivity contribution in [1.82, 2.24) is 14.4 Å². The first-order valence-corrected chi connectivity index (χ1v) is 11.2.